The Morgan fingerprint density at radius 3 is 1.45 bits per heavy atom. The van der Waals surface area contributed by atoms with Gasteiger partial charge in [-0.05, 0) is 19.8 Å². The minimum Gasteiger partial charge on any atom is -0.103 e. The maximum Gasteiger partial charge on any atom is -0.0354 e. The average molecular weight is 156 g/mol. The van der Waals surface area contributed by atoms with Crippen molar-refractivity contribution in [3.8, 4) is 0 Å². The molecule has 0 rings (SSSR count). The van der Waals surface area contributed by atoms with Crippen LogP contribution in [-0.4, -0.2) is 0 Å². The van der Waals surface area contributed by atoms with Crippen LogP contribution in [0.15, 0.2) is 24.8 Å². The minimum absolute atomic E-state index is 1.08. The molecule has 0 atom stereocenters. The summed E-state index contributed by atoms with van der Waals surface area (Å²) in [5, 5.41) is 0. The Kier molecular flexibility index (Phi) is 34.7. The van der Waals surface area contributed by atoms with Crippen LogP contribution in [0.4, 0.5) is 0 Å². The van der Waals surface area contributed by atoms with Gasteiger partial charge in [-0.2, -0.15) is 0 Å². The number of hydrogen-bond donors (Lipinski definition) is 0. The molecule has 0 unspecified atom stereocenters. The second-order valence-corrected chi connectivity index (χ2v) is 2.01. The van der Waals surface area contributed by atoms with Crippen molar-refractivity contribution < 1.29 is 0 Å². The molecule has 0 amide bonds. The molecule has 0 aliphatic carbocycles. The summed E-state index contributed by atoms with van der Waals surface area (Å²) in [7, 11) is 0. The van der Waals surface area contributed by atoms with Crippen LogP contribution in [-0.2, 0) is 0 Å². The van der Waals surface area contributed by atoms with Crippen molar-refractivity contribution in [1.82, 2.24) is 0 Å². The number of allylic oxidation sites excluding steroid dienone is 2. The van der Waals surface area contributed by atoms with E-state index in [1.807, 2.05) is 26.8 Å². The minimum atomic E-state index is 1.08. The Labute approximate surface area is 73.0 Å². The molecule has 0 aromatic rings. The van der Waals surface area contributed by atoms with Gasteiger partial charge in [0.15, 0.2) is 0 Å². The number of rotatable bonds is 2. The highest BCUT2D eigenvalue weighted by molar-refractivity contribution is 4.84. The van der Waals surface area contributed by atoms with Crippen LogP contribution in [0, 0.1) is 0 Å². The predicted molar refractivity (Wildman–Crippen MR) is 56.9 cm³/mol. The molecule has 0 aliphatic heterocycles. The molecule has 11 heavy (non-hydrogen) atoms. The summed E-state index contributed by atoms with van der Waals surface area (Å²) in [5.74, 6) is 0. The zero-order chi connectivity index (χ0) is 9.70. The fourth-order valence-corrected chi connectivity index (χ4v) is 0. The van der Waals surface area contributed by atoms with Crippen LogP contribution in [0.3, 0.4) is 0 Å². The summed E-state index contributed by atoms with van der Waals surface area (Å²) in [5.41, 5.74) is 1.25. The van der Waals surface area contributed by atoms with Crippen molar-refractivity contribution in [1.29, 1.82) is 0 Å². The lowest BCUT2D eigenvalue weighted by Crippen LogP contribution is -1.58. The lowest BCUT2D eigenvalue weighted by Gasteiger charge is -1.79. The van der Waals surface area contributed by atoms with Gasteiger partial charge in [-0.15, -0.1) is 13.2 Å². The van der Waals surface area contributed by atoms with E-state index in [9.17, 15) is 0 Å². The van der Waals surface area contributed by atoms with E-state index in [2.05, 4.69) is 27.0 Å². The molecule has 0 bridgehead atoms. The molecule has 0 nitrogen and oxygen atoms in total. The quantitative estimate of drug-likeness (QED) is 0.513. The summed E-state index contributed by atoms with van der Waals surface area (Å²) in [6.45, 7) is 17.3. The Morgan fingerprint density at radius 1 is 1.27 bits per heavy atom. The largest absolute Gasteiger partial charge is 0.103 e. The lowest BCUT2D eigenvalue weighted by atomic mass is 10.3. The van der Waals surface area contributed by atoms with E-state index in [0.717, 1.165) is 12.8 Å². The maximum atomic E-state index is 3.67. The molecule has 68 valence electrons. The molecule has 0 fully saturated rings. The van der Waals surface area contributed by atoms with Gasteiger partial charge >= 0.3 is 0 Å². The highest BCUT2D eigenvalue weighted by Gasteiger charge is 1.67. The van der Waals surface area contributed by atoms with Gasteiger partial charge in [-0.1, -0.05) is 39.3 Å². The molecule has 0 aromatic carbocycles. The van der Waals surface area contributed by atoms with E-state index in [0.29, 0.717) is 0 Å². The first-order valence-electron chi connectivity index (χ1n) is 4.44. The Balaban J connectivity index is -0.0000000965. The first kappa shape index (κ1) is 16.8. The third kappa shape index (κ3) is 86.2. The SMILES string of the molecule is C=C(C)CC.C=CCC.CC. The first-order chi connectivity index (χ1) is 5.18. The fourth-order valence-electron chi connectivity index (χ4n) is 0. The van der Waals surface area contributed by atoms with Gasteiger partial charge in [0, 0.05) is 0 Å². The van der Waals surface area contributed by atoms with E-state index < -0.39 is 0 Å². The van der Waals surface area contributed by atoms with E-state index in [4.69, 9.17) is 0 Å². The highest BCUT2D eigenvalue weighted by atomic mass is 13.7. The molecule has 0 aromatic heterocycles. The standard InChI is InChI=1S/C5H10.C4H8.C2H6/c1-4-5(2)3;1-3-4-2;1-2/h2,4H2,1,3H3;3H,1,4H2,2H3;1-2H3. The van der Waals surface area contributed by atoms with Gasteiger partial charge in [-0.3, -0.25) is 0 Å². The first-order valence-corrected chi connectivity index (χ1v) is 4.44. The lowest BCUT2D eigenvalue weighted by molar-refractivity contribution is 1.11. The topological polar surface area (TPSA) is 0 Å². The molecule has 0 heterocycles. The van der Waals surface area contributed by atoms with Crippen molar-refractivity contribution in [2.24, 2.45) is 0 Å². The Bertz CT molecular complexity index is 70.1. The van der Waals surface area contributed by atoms with Gasteiger partial charge in [0.25, 0.3) is 0 Å². The van der Waals surface area contributed by atoms with Crippen LogP contribution < -0.4 is 0 Å². The van der Waals surface area contributed by atoms with Crippen LogP contribution in [0.2, 0.25) is 0 Å². The number of hydrogen-bond acceptors (Lipinski definition) is 0. The molecular formula is C11H24. The summed E-state index contributed by atoms with van der Waals surface area (Å²) in [4.78, 5) is 0. The molecular weight excluding hydrogens is 132 g/mol. The summed E-state index contributed by atoms with van der Waals surface area (Å²) < 4.78 is 0. The third-order valence-electron chi connectivity index (χ3n) is 0.892. The predicted octanol–water partition coefficient (Wildman–Crippen LogP) is 4.58. The third-order valence-corrected chi connectivity index (χ3v) is 0.892. The van der Waals surface area contributed by atoms with Crippen molar-refractivity contribution in [3.63, 3.8) is 0 Å². The Hall–Kier alpha value is -0.520. The van der Waals surface area contributed by atoms with Crippen LogP contribution >= 0.6 is 0 Å². The normalized spacial score (nSPS) is 6.27. The zero-order valence-corrected chi connectivity index (χ0v) is 8.91. The molecule has 0 saturated heterocycles. The van der Waals surface area contributed by atoms with E-state index >= 15 is 0 Å². The van der Waals surface area contributed by atoms with E-state index in [1.54, 1.807) is 0 Å². The van der Waals surface area contributed by atoms with Gasteiger partial charge < -0.3 is 0 Å². The van der Waals surface area contributed by atoms with Crippen molar-refractivity contribution in [2.75, 3.05) is 0 Å². The van der Waals surface area contributed by atoms with Crippen LogP contribution in [0.1, 0.15) is 47.5 Å². The smallest absolute Gasteiger partial charge is 0.0354 e. The summed E-state index contributed by atoms with van der Waals surface area (Å²) in [6, 6.07) is 0. The van der Waals surface area contributed by atoms with Gasteiger partial charge in [0.1, 0.15) is 0 Å². The zero-order valence-electron chi connectivity index (χ0n) is 8.91. The van der Waals surface area contributed by atoms with Gasteiger partial charge in [0.05, 0.1) is 0 Å². The molecule has 0 aliphatic rings. The van der Waals surface area contributed by atoms with Crippen molar-refractivity contribution in [2.45, 2.75) is 47.5 Å². The fraction of sp³-hybridized carbons (Fsp3) is 0.636. The van der Waals surface area contributed by atoms with Gasteiger partial charge in [0.2, 0.25) is 0 Å². The summed E-state index contributed by atoms with van der Waals surface area (Å²) >= 11 is 0. The van der Waals surface area contributed by atoms with Crippen molar-refractivity contribution >= 4 is 0 Å². The van der Waals surface area contributed by atoms with Gasteiger partial charge in [-0.25, -0.2) is 0 Å². The molecule has 0 spiro atoms. The van der Waals surface area contributed by atoms with E-state index in [-0.39, 0.29) is 0 Å². The highest BCUT2D eigenvalue weighted by Crippen LogP contribution is 1.88. The Morgan fingerprint density at radius 2 is 1.45 bits per heavy atom. The molecule has 0 radical (unpaired) electrons. The van der Waals surface area contributed by atoms with Crippen LogP contribution in [0.5, 0.6) is 0 Å². The van der Waals surface area contributed by atoms with E-state index in [1.165, 1.54) is 5.57 Å². The molecule has 0 heteroatoms. The molecule has 0 N–H and O–H groups in total. The monoisotopic (exact) mass is 156 g/mol. The average Bonchev–Trinajstić information content (AvgIpc) is 2.08. The second-order valence-electron chi connectivity index (χ2n) is 2.01. The van der Waals surface area contributed by atoms with Crippen LogP contribution in [0.25, 0.3) is 0 Å². The maximum absolute atomic E-state index is 3.67. The second kappa shape index (κ2) is 22.7. The summed E-state index contributed by atoms with van der Waals surface area (Å²) in [6.07, 6.45) is 4.07. The van der Waals surface area contributed by atoms with Crippen molar-refractivity contribution in [3.05, 3.63) is 24.8 Å². The molecule has 0 saturated carbocycles.